The van der Waals surface area contributed by atoms with Gasteiger partial charge in [0.05, 0.1) is 25.4 Å². The number of esters is 1. The molecule has 1 aromatic heterocycles. The molecule has 2 N–H and O–H groups in total. The second-order valence-corrected chi connectivity index (χ2v) is 10.7. The molecule has 32 heavy (non-hydrogen) atoms. The summed E-state index contributed by atoms with van der Waals surface area (Å²) in [5.41, 5.74) is 0.679. The van der Waals surface area contributed by atoms with E-state index in [-0.39, 0.29) is 35.9 Å². The number of thiophene rings is 1. The van der Waals surface area contributed by atoms with Gasteiger partial charge in [-0.1, -0.05) is 11.6 Å². The molecule has 176 valence electrons. The van der Waals surface area contributed by atoms with Crippen molar-refractivity contribution in [2.45, 2.75) is 63.7 Å². The van der Waals surface area contributed by atoms with Crippen molar-refractivity contribution in [1.29, 1.82) is 0 Å². The molecule has 0 amide bonds. The van der Waals surface area contributed by atoms with Crippen molar-refractivity contribution >= 4 is 40.5 Å². The van der Waals surface area contributed by atoms with Crippen LogP contribution in [0, 0.1) is 11.8 Å². The summed E-state index contributed by atoms with van der Waals surface area (Å²) in [5, 5.41) is 20.3. The number of benzene rings is 1. The second kappa shape index (κ2) is 11.7. The molecular formula is C24H30Cl2O5S. The molecule has 0 saturated heterocycles. The minimum Gasteiger partial charge on any atom is -0.493 e. The molecule has 0 radical (unpaired) electrons. The Morgan fingerprint density at radius 2 is 2.03 bits per heavy atom. The lowest BCUT2D eigenvalue weighted by atomic mass is 9.90. The predicted octanol–water partition coefficient (Wildman–Crippen LogP) is 5.47. The molecule has 5 nitrogen and oxygen atoms in total. The molecule has 0 spiro atoms. The van der Waals surface area contributed by atoms with Crippen molar-refractivity contribution in [3.63, 3.8) is 0 Å². The molecule has 1 saturated carbocycles. The van der Waals surface area contributed by atoms with Crippen molar-refractivity contribution in [3.8, 4) is 5.75 Å². The number of carbonyl (C=O) groups excluding carboxylic acids is 1. The van der Waals surface area contributed by atoms with Gasteiger partial charge in [0.15, 0.2) is 0 Å². The summed E-state index contributed by atoms with van der Waals surface area (Å²) in [4.78, 5) is 13.8. The van der Waals surface area contributed by atoms with Crippen LogP contribution in [0.1, 0.15) is 53.2 Å². The largest absolute Gasteiger partial charge is 0.493 e. The van der Waals surface area contributed by atoms with E-state index in [1.54, 1.807) is 18.2 Å². The van der Waals surface area contributed by atoms with E-state index in [9.17, 15) is 15.0 Å². The number of rotatable bonds is 10. The maximum atomic E-state index is 12.0. The Labute approximate surface area is 203 Å². The molecule has 0 bridgehead atoms. The summed E-state index contributed by atoms with van der Waals surface area (Å²) in [6, 6.07) is 8.93. The summed E-state index contributed by atoms with van der Waals surface area (Å²) in [6.45, 7) is 3.89. The summed E-state index contributed by atoms with van der Waals surface area (Å²) in [5.74, 6) is 0.353. The Morgan fingerprint density at radius 1 is 1.25 bits per heavy atom. The molecule has 4 atom stereocenters. The van der Waals surface area contributed by atoms with Crippen LogP contribution in [0.25, 0.3) is 0 Å². The number of halogens is 2. The maximum Gasteiger partial charge on any atom is 0.348 e. The van der Waals surface area contributed by atoms with Crippen LogP contribution in [0.4, 0.5) is 0 Å². The topological polar surface area (TPSA) is 76.0 Å². The van der Waals surface area contributed by atoms with Crippen LogP contribution in [0.15, 0.2) is 30.3 Å². The molecule has 1 heterocycles. The van der Waals surface area contributed by atoms with Crippen LogP contribution in [0.5, 0.6) is 5.75 Å². The molecule has 1 aliphatic rings. The number of alkyl halides is 1. The van der Waals surface area contributed by atoms with Gasteiger partial charge in [-0.2, -0.15) is 0 Å². The Morgan fingerprint density at radius 3 is 2.75 bits per heavy atom. The molecule has 0 unspecified atom stereocenters. The van der Waals surface area contributed by atoms with E-state index in [0.29, 0.717) is 34.2 Å². The number of aliphatic hydroxyl groups excluding tert-OH is 2. The average Bonchev–Trinajstić information content (AvgIpc) is 3.30. The summed E-state index contributed by atoms with van der Waals surface area (Å²) in [6.07, 6.45) is 2.50. The Bertz CT molecular complexity index is 900. The third kappa shape index (κ3) is 6.84. The van der Waals surface area contributed by atoms with Gasteiger partial charge in [-0.25, -0.2) is 4.79 Å². The number of hydrogen-bond acceptors (Lipinski definition) is 6. The number of aryl methyl sites for hydroxylation is 1. The molecular weight excluding hydrogens is 471 g/mol. The molecule has 1 aromatic carbocycles. The van der Waals surface area contributed by atoms with E-state index < -0.39 is 6.10 Å². The summed E-state index contributed by atoms with van der Waals surface area (Å²) in [7, 11) is 0. The first-order valence-electron chi connectivity index (χ1n) is 10.9. The molecule has 3 rings (SSSR count). The highest BCUT2D eigenvalue weighted by atomic mass is 35.5. The van der Waals surface area contributed by atoms with E-state index >= 15 is 0 Å². The van der Waals surface area contributed by atoms with E-state index in [0.717, 1.165) is 24.1 Å². The monoisotopic (exact) mass is 500 g/mol. The van der Waals surface area contributed by atoms with Crippen molar-refractivity contribution in [2.24, 2.45) is 11.8 Å². The van der Waals surface area contributed by atoms with Gasteiger partial charge in [0.1, 0.15) is 10.6 Å². The molecule has 8 heteroatoms. The summed E-state index contributed by atoms with van der Waals surface area (Å²) < 4.78 is 11.2. The zero-order valence-corrected chi connectivity index (χ0v) is 20.6. The van der Waals surface area contributed by atoms with Crippen LogP contribution in [0.3, 0.4) is 0 Å². The van der Waals surface area contributed by atoms with Gasteiger partial charge in [-0.3, -0.25) is 0 Å². The van der Waals surface area contributed by atoms with Crippen LogP contribution in [0.2, 0.25) is 5.02 Å². The zero-order valence-electron chi connectivity index (χ0n) is 18.3. The molecule has 1 aliphatic carbocycles. The van der Waals surface area contributed by atoms with Crippen molar-refractivity contribution in [3.05, 3.63) is 50.7 Å². The van der Waals surface area contributed by atoms with Crippen molar-refractivity contribution < 1.29 is 24.5 Å². The molecule has 1 fully saturated rings. The van der Waals surface area contributed by atoms with Gasteiger partial charge in [0, 0.05) is 21.2 Å². The van der Waals surface area contributed by atoms with Crippen LogP contribution >= 0.6 is 34.5 Å². The quantitative estimate of drug-likeness (QED) is 0.334. The van der Waals surface area contributed by atoms with Gasteiger partial charge < -0.3 is 19.7 Å². The van der Waals surface area contributed by atoms with E-state index in [1.165, 1.54) is 11.3 Å². The number of hydrogen-bond donors (Lipinski definition) is 2. The van der Waals surface area contributed by atoms with Crippen molar-refractivity contribution in [2.75, 3.05) is 6.61 Å². The van der Waals surface area contributed by atoms with Gasteiger partial charge >= 0.3 is 5.97 Å². The lowest BCUT2D eigenvalue weighted by Crippen LogP contribution is -2.27. The smallest absolute Gasteiger partial charge is 0.348 e. The van der Waals surface area contributed by atoms with E-state index in [2.05, 4.69) is 0 Å². The lowest BCUT2D eigenvalue weighted by Gasteiger charge is -2.24. The highest BCUT2D eigenvalue weighted by molar-refractivity contribution is 7.13. The first-order valence-corrected chi connectivity index (χ1v) is 12.5. The van der Waals surface area contributed by atoms with Crippen LogP contribution in [-0.2, 0) is 17.8 Å². The summed E-state index contributed by atoms with van der Waals surface area (Å²) >= 11 is 14.1. The van der Waals surface area contributed by atoms with Gasteiger partial charge in [-0.15, -0.1) is 22.9 Å². The normalized spacial score (nSPS) is 23.0. The van der Waals surface area contributed by atoms with Gasteiger partial charge in [-0.05, 0) is 81.3 Å². The standard InChI is InChI=1S/C24H30Cl2O5S/c1-14(2)31-24(29)23-7-6-18(32-23)4-3-5-19-20(22(28)11-21(19)26)13-30-17-9-15(12-27)8-16(25)10-17/h6-10,14,19-22,27-28H,3-5,11-13H2,1-2H3/t19-,20-,21+,22-/m1/s1. The van der Waals surface area contributed by atoms with Gasteiger partial charge in [0.25, 0.3) is 0 Å². The van der Waals surface area contributed by atoms with Gasteiger partial charge in [0.2, 0.25) is 0 Å². The van der Waals surface area contributed by atoms with E-state index in [1.807, 2.05) is 26.0 Å². The zero-order chi connectivity index (χ0) is 23.3. The van der Waals surface area contributed by atoms with Crippen molar-refractivity contribution in [1.82, 2.24) is 0 Å². The van der Waals surface area contributed by atoms with E-state index in [4.69, 9.17) is 32.7 Å². The molecule has 0 aliphatic heterocycles. The number of aliphatic hydroxyl groups is 2. The van der Waals surface area contributed by atoms with Crippen LogP contribution < -0.4 is 4.74 Å². The lowest BCUT2D eigenvalue weighted by molar-refractivity contribution is 0.0383. The fraction of sp³-hybridized carbons (Fsp3) is 0.542. The second-order valence-electron chi connectivity index (χ2n) is 8.52. The number of ether oxygens (including phenoxy) is 2. The molecule has 2 aromatic rings. The third-order valence-electron chi connectivity index (χ3n) is 5.70. The minimum atomic E-state index is -0.516. The highest BCUT2D eigenvalue weighted by Crippen LogP contribution is 2.40. The third-order valence-corrected chi connectivity index (χ3v) is 7.54. The number of carbonyl (C=O) groups is 1. The first-order chi connectivity index (χ1) is 15.3. The fourth-order valence-electron chi connectivity index (χ4n) is 4.16. The first kappa shape index (κ1) is 25.3. The fourth-order valence-corrected chi connectivity index (χ4v) is 5.83. The highest BCUT2D eigenvalue weighted by Gasteiger charge is 2.41. The minimum absolute atomic E-state index is 0.0750. The maximum absolute atomic E-state index is 12.0. The van der Waals surface area contributed by atoms with Crippen LogP contribution in [-0.4, -0.2) is 40.4 Å². The average molecular weight is 501 g/mol. The Hall–Kier alpha value is -1.31. The Kier molecular flexibility index (Phi) is 9.26. The SMILES string of the molecule is CC(C)OC(=O)c1ccc(CCC[C@@H]2[C@@H](COc3cc(Cl)cc(CO)c3)[C@H](O)C[C@@H]2Cl)s1. The predicted molar refractivity (Wildman–Crippen MR) is 128 cm³/mol. The Balaban J connectivity index is 1.54.